The molecule has 3 rings (SSSR count). The number of ether oxygens (including phenoxy) is 2. The van der Waals surface area contributed by atoms with Crippen molar-refractivity contribution in [3.05, 3.63) is 66.4 Å². The van der Waals surface area contributed by atoms with Crippen LogP contribution in [-0.4, -0.2) is 61.8 Å². The van der Waals surface area contributed by atoms with E-state index < -0.39 is 5.91 Å². The summed E-state index contributed by atoms with van der Waals surface area (Å²) in [6, 6.07) is 12.0. The molecule has 2 N–H and O–H groups in total. The van der Waals surface area contributed by atoms with Crippen molar-refractivity contribution in [3.8, 4) is 29.1 Å². The van der Waals surface area contributed by atoms with Gasteiger partial charge in [-0.3, -0.25) is 19.6 Å². The lowest BCUT2D eigenvalue weighted by Crippen LogP contribution is -2.29. The van der Waals surface area contributed by atoms with Gasteiger partial charge in [0.25, 0.3) is 11.8 Å². The van der Waals surface area contributed by atoms with Crippen LogP contribution in [0.4, 0.5) is 5.69 Å². The zero-order chi connectivity index (χ0) is 28.2. The Morgan fingerprint density at radius 2 is 1.90 bits per heavy atom. The van der Waals surface area contributed by atoms with Gasteiger partial charge in [-0.2, -0.15) is 0 Å². The molecule has 0 spiro atoms. The molecule has 0 saturated carbocycles. The molecule has 0 radical (unpaired) electrons. The highest BCUT2D eigenvalue weighted by Crippen LogP contribution is 2.36. The van der Waals surface area contributed by atoms with Crippen LogP contribution < -0.4 is 20.1 Å². The summed E-state index contributed by atoms with van der Waals surface area (Å²) in [6.45, 7) is 4.73. The Kier molecular flexibility index (Phi) is 10.6. The molecule has 0 fully saturated rings. The van der Waals surface area contributed by atoms with E-state index in [1.807, 2.05) is 32.0 Å². The highest BCUT2D eigenvalue weighted by molar-refractivity contribution is 6.10. The average Bonchev–Trinajstić information content (AvgIpc) is 2.91. The molecule has 0 aliphatic carbocycles. The smallest absolute Gasteiger partial charge is 0.300 e. The Morgan fingerprint density at radius 3 is 2.56 bits per heavy atom. The van der Waals surface area contributed by atoms with E-state index in [4.69, 9.17) is 9.47 Å². The second kappa shape index (κ2) is 14.3. The van der Waals surface area contributed by atoms with Crippen molar-refractivity contribution in [1.82, 2.24) is 15.2 Å². The first-order chi connectivity index (χ1) is 18.8. The van der Waals surface area contributed by atoms with Crippen LogP contribution in [0.1, 0.15) is 30.6 Å². The number of aromatic nitrogens is 1. The first kappa shape index (κ1) is 28.9. The number of anilines is 1. The summed E-state index contributed by atoms with van der Waals surface area (Å²) in [5, 5.41) is 6.25. The number of allylic oxidation sites excluding steroid dienone is 1. The topological polar surface area (TPSA) is 105 Å². The molecular formula is C30H33N5O4. The third kappa shape index (κ3) is 8.42. The van der Waals surface area contributed by atoms with Crippen LogP contribution in [0.2, 0.25) is 0 Å². The first-order valence-corrected chi connectivity index (χ1v) is 12.5. The van der Waals surface area contributed by atoms with Crippen molar-refractivity contribution >= 4 is 34.2 Å². The van der Waals surface area contributed by atoms with E-state index in [0.29, 0.717) is 58.4 Å². The molecule has 0 bridgehead atoms. The van der Waals surface area contributed by atoms with E-state index in [9.17, 15) is 9.59 Å². The van der Waals surface area contributed by atoms with E-state index in [-0.39, 0.29) is 5.91 Å². The fourth-order valence-electron chi connectivity index (χ4n) is 3.45. The number of carbonyl (C=O) groups excluding carboxylic acids is 2. The monoisotopic (exact) mass is 527 g/mol. The largest absolute Gasteiger partial charge is 0.490 e. The lowest BCUT2D eigenvalue weighted by molar-refractivity contribution is -0.111. The van der Waals surface area contributed by atoms with E-state index in [2.05, 4.69) is 32.5 Å². The minimum absolute atomic E-state index is 0.269. The van der Waals surface area contributed by atoms with Crippen LogP contribution in [0, 0.1) is 11.8 Å². The standard InChI is InChI=1S/C30H33N5O4/c1-6-8-10-28(31-3)34-30(37)21-11-13-22(14-12-21)39-26-15-16-32-24-20-27(38-18-17-35(4)5)25(19-23(24)26)33-29(36)9-7-2/h8,10-16,19-20H,6,17-18H2,1-5H3,(H,33,36)(H,31,34,37)/b10-8-. The molecule has 0 aliphatic heterocycles. The van der Waals surface area contributed by atoms with Gasteiger partial charge in [0.2, 0.25) is 0 Å². The highest BCUT2D eigenvalue weighted by atomic mass is 16.5. The van der Waals surface area contributed by atoms with E-state index in [0.717, 1.165) is 6.42 Å². The quantitative estimate of drug-likeness (QED) is 0.226. The molecule has 0 unspecified atom stereocenters. The van der Waals surface area contributed by atoms with E-state index in [1.54, 1.807) is 68.7 Å². The van der Waals surface area contributed by atoms with Gasteiger partial charge in [-0.25, -0.2) is 0 Å². The third-order valence-corrected chi connectivity index (χ3v) is 5.42. The molecule has 9 heteroatoms. The van der Waals surface area contributed by atoms with Crippen molar-refractivity contribution < 1.29 is 19.1 Å². The first-order valence-electron chi connectivity index (χ1n) is 12.5. The van der Waals surface area contributed by atoms with Gasteiger partial charge in [0.05, 0.1) is 11.2 Å². The summed E-state index contributed by atoms with van der Waals surface area (Å²) in [5.41, 5.74) is 1.56. The normalized spacial score (nSPS) is 11.3. The van der Waals surface area contributed by atoms with E-state index in [1.165, 1.54) is 0 Å². The van der Waals surface area contributed by atoms with Crippen molar-refractivity contribution in [1.29, 1.82) is 0 Å². The number of amidine groups is 1. The summed E-state index contributed by atoms with van der Waals surface area (Å²) in [6.07, 6.45) is 6.18. The van der Waals surface area contributed by atoms with Crippen LogP contribution in [0.5, 0.6) is 17.2 Å². The summed E-state index contributed by atoms with van der Waals surface area (Å²) in [5.74, 6) is 6.40. The maximum Gasteiger partial charge on any atom is 0.300 e. The summed E-state index contributed by atoms with van der Waals surface area (Å²) < 4.78 is 12.1. The number of aliphatic imine (C=N–C) groups is 1. The van der Waals surface area contributed by atoms with Gasteiger partial charge in [-0.05, 0) is 75.8 Å². The summed E-state index contributed by atoms with van der Waals surface area (Å²) in [7, 11) is 5.53. The van der Waals surface area contributed by atoms with Crippen molar-refractivity contribution in [2.45, 2.75) is 20.3 Å². The molecule has 1 heterocycles. The van der Waals surface area contributed by atoms with Gasteiger partial charge in [-0.1, -0.05) is 18.9 Å². The fraction of sp³-hybridized carbons (Fsp3) is 0.267. The van der Waals surface area contributed by atoms with Gasteiger partial charge < -0.3 is 25.0 Å². The zero-order valence-electron chi connectivity index (χ0n) is 22.9. The average molecular weight is 528 g/mol. The van der Waals surface area contributed by atoms with Gasteiger partial charge in [0.1, 0.15) is 29.7 Å². The molecular weight excluding hydrogens is 494 g/mol. The van der Waals surface area contributed by atoms with E-state index >= 15 is 0 Å². The second-order valence-corrected chi connectivity index (χ2v) is 8.66. The predicted octanol–water partition coefficient (Wildman–Crippen LogP) is 4.65. The number of hydrogen-bond donors (Lipinski definition) is 2. The van der Waals surface area contributed by atoms with Gasteiger partial charge in [0, 0.05) is 36.8 Å². The number of benzene rings is 2. The SMILES string of the molecule is CC#CC(=O)Nc1cc2c(Oc3ccc(C(=O)NC(/C=C\CC)=NC)cc3)ccnc2cc1OCCN(C)C. The molecule has 2 amide bonds. The maximum atomic E-state index is 12.6. The minimum atomic E-state index is -0.448. The highest BCUT2D eigenvalue weighted by Gasteiger charge is 2.14. The maximum absolute atomic E-state index is 12.6. The number of carbonyl (C=O) groups is 2. The Bertz CT molecular complexity index is 1430. The van der Waals surface area contributed by atoms with Crippen molar-refractivity contribution in [2.75, 3.05) is 39.6 Å². The number of pyridine rings is 1. The van der Waals surface area contributed by atoms with Crippen molar-refractivity contribution in [3.63, 3.8) is 0 Å². The molecule has 2 aromatic carbocycles. The fourth-order valence-corrected chi connectivity index (χ4v) is 3.45. The number of likely N-dealkylation sites (N-methyl/N-ethyl adjacent to an activating group) is 1. The number of rotatable bonds is 10. The number of fused-ring (bicyclic) bond motifs is 1. The molecule has 202 valence electrons. The van der Waals surface area contributed by atoms with Crippen LogP contribution >= 0.6 is 0 Å². The molecule has 9 nitrogen and oxygen atoms in total. The lowest BCUT2D eigenvalue weighted by Gasteiger charge is -2.16. The van der Waals surface area contributed by atoms with Gasteiger partial charge in [-0.15, -0.1) is 0 Å². The predicted molar refractivity (Wildman–Crippen MR) is 155 cm³/mol. The Morgan fingerprint density at radius 1 is 1.13 bits per heavy atom. The van der Waals surface area contributed by atoms with Crippen LogP contribution in [0.3, 0.4) is 0 Å². The number of hydrogen-bond acceptors (Lipinski definition) is 7. The summed E-state index contributed by atoms with van der Waals surface area (Å²) >= 11 is 0. The lowest BCUT2D eigenvalue weighted by atomic mass is 10.1. The third-order valence-electron chi connectivity index (χ3n) is 5.42. The second-order valence-electron chi connectivity index (χ2n) is 8.66. The zero-order valence-corrected chi connectivity index (χ0v) is 22.9. The molecule has 39 heavy (non-hydrogen) atoms. The Hall–Kier alpha value is -4.68. The van der Waals surface area contributed by atoms with Crippen LogP contribution in [0.15, 0.2) is 65.8 Å². The van der Waals surface area contributed by atoms with Gasteiger partial charge >= 0.3 is 0 Å². The van der Waals surface area contributed by atoms with Gasteiger partial charge in [0.15, 0.2) is 0 Å². The van der Waals surface area contributed by atoms with Crippen LogP contribution in [-0.2, 0) is 4.79 Å². The Labute approximate surface area is 228 Å². The number of nitrogens with zero attached hydrogens (tertiary/aromatic N) is 3. The molecule has 0 saturated heterocycles. The molecule has 0 atom stereocenters. The number of amides is 2. The van der Waals surface area contributed by atoms with Crippen molar-refractivity contribution in [2.24, 2.45) is 4.99 Å². The Balaban J connectivity index is 1.86. The molecule has 0 aliphatic rings. The number of nitrogens with one attached hydrogen (secondary N) is 2. The summed E-state index contributed by atoms with van der Waals surface area (Å²) in [4.78, 5) is 35.4. The molecule has 3 aromatic rings. The van der Waals surface area contributed by atoms with Crippen LogP contribution in [0.25, 0.3) is 10.9 Å². The molecule has 1 aromatic heterocycles. The minimum Gasteiger partial charge on any atom is -0.490 e.